The van der Waals surface area contributed by atoms with E-state index in [1.165, 1.54) is 6.07 Å². The maximum absolute atomic E-state index is 13.3. The Kier molecular flexibility index (Phi) is 6.48. The monoisotopic (exact) mass is 250 g/mol. The molecule has 2 heteroatoms. The van der Waals surface area contributed by atoms with Gasteiger partial charge in [0.25, 0.3) is 0 Å². The van der Waals surface area contributed by atoms with E-state index in [0.29, 0.717) is 6.61 Å². The van der Waals surface area contributed by atoms with E-state index < -0.39 is 0 Å². The van der Waals surface area contributed by atoms with Gasteiger partial charge in [0, 0.05) is 5.56 Å². The summed E-state index contributed by atoms with van der Waals surface area (Å²) >= 11 is 0. The lowest BCUT2D eigenvalue weighted by Gasteiger charge is -2.15. The first-order chi connectivity index (χ1) is 8.69. The third kappa shape index (κ3) is 4.52. The molecule has 0 fully saturated rings. The van der Waals surface area contributed by atoms with Gasteiger partial charge in [-0.2, -0.15) is 0 Å². The van der Waals surface area contributed by atoms with Crippen LogP contribution in [0.1, 0.15) is 51.5 Å². The second kappa shape index (κ2) is 7.91. The Balaban J connectivity index is 2.82. The predicted molar refractivity (Wildman–Crippen MR) is 74.6 cm³/mol. The molecular formula is C16H23FO. The highest BCUT2D eigenvalue weighted by Gasteiger charge is 2.11. The SMILES string of the molecule is CC/C=C\CC(C)c1cc(F)ccc1OCCC. The van der Waals surface area contributed by atoms with Crippen molar-refractivity contribution < 1.29 is 9.13 Å². The summed E-state index contributed by atoms with van der Waals surface area (Å²) in [6, 6.07) is 4.79. The van der Waals surface area contributed by atoms with Crippen LogP contribution in [-0.2, 0) is 0 Å². The molecule has 1 rings (SSSR count). The number of ether oxygens (including phenoxy) is 1. The predicted octanol–water partition coefficient (Wildman–Crippen LogP) is 5.07. The van der Waals surface area contributed by atoms with Crippen molar-refractivity contribution in [1.29, 1.82) is 0 Å². The third-order valence-corrected chi connectivity index (χ3v) is 2.86. The topological polar surface area (TPSA) is 9.23 Å². The van der Waals surface area contributed by atoms with Crippen molar-refractivity contribution in [2.24, 2.45) is 0 Å². The molecule has 0 aromatic heterocycles. The molecule has 0 bridgehead atoms. The Hall–Kier alpha value is -1.31. The summed E-state index contributed by atoms with van der Waals surface area (Å²) in [7, 11) is 0. The number of halogens is 1. The fourth-order valence-corrected chi connectivity index (χ4v) is 1.84. The molecule has 1 atom stereocenters. The van der Waals surface area contributed by atoms with Crippen LogP contribution in [0.3, 0.4) is 0 Å². The zero-order chi connectivity index (χ0) is 13.4. The molecule has 0 radical (unpaired) electrons. The highest BCUT2D eigenvalue weighted by Crippen LogP contribution is 2.30. The van der Waals surface area contributed by atoms with Crippen molar-refractivity contribution in [3.05, 3.63) is 41.7 Å². The smallest absolute Gasteiger partial charge is 0.123 e. The lowest BCUT2D eigenvalue weighted by atomic mass is 9.96. The Morgan fingerprint density at radius 2 is 2.06 bits per heavy atom. The van der Waals surface area contributed by atoms with Crippen molar-refractivity contribution in [2.75, 3.05) is 6.61 Å². The fourth-order valence-electron chi connectivity index (χ4n) is 1.84. The molecule has 0 aliphatic rings. The summed E-state index contributed by atoms with van der Waals surface area (Å²) in [4.78, 5) is 0. The molecule has 0 saturated heterocycles. The minimum atomic E-state index is -0.194. The van der Waals surface area contributed by atoms with Crippen molar-refractivity contribution in [2.45, 2.75) is 46.0 Å². The van der Waals surface area contributed by atoms with Gasteiger partial charge in [-0.05, 0) is 43.4 Å². The highest BCUT2D eigenvalue weighted by molar-refractivity contribution is 5.36. The van der Waals surface area contributed by atoms with E-state index in [9.17, 15) is 4.39 Å². The molecule has 1 aromatic carbocycles. The molecule has 0 spiro atoms. The number of hydrogen-bond donors (Lipinski definition) is 0. The van der Waals surface area contributed by atoms with Crippen LogP contribution in [-0.4, -0.2) is 6.61 Å². The molecule has 1 nitrogen and oxygen atoms in total. The molecule has 1 unspecified atom stereocenters. The summed E-state index contributed by atoms with van der Waals surface area (Å²) in [5, 5.41) is 0. The highest BCUT2D eigenvalue weighted by atomic mass is 19.1. The number of rotatable bonds is 7. The zero-order valence-corrected chi connectivity index (χ0v) is 11.6. The van der Waals surface area contributed by atoms with Gasteiger partial charge >= 0.3 is 0 Å². The number of hydrogen-bond acceptors (Lipinski definition) is 1. The molecule has 0 aliphatic heterocycles. The second-order valence-electron chi connectivity index (χ2n) is 4.55. The normalized spacial score (nSPS) is 12.9. The Morgan fingerprint density at radius 3 is 2.72 bits per heavy atom. The lowest BCUT2D eigenvalue weighted by Crippen LogP contribution is -2.02. The quantitative estimate of drug-likeness (QED) is 0.613. The van der Waals surface area contributed by atoms with E-state index in [0.717, 1.165) is 30.6 Å². The molecule has 0 N–H and O–H groups in total. The summed E-state index contributed by atoms with van der Waals surface area (Å²) in [6.07, 6.45) is 7.21. The van der Waals surface area contributed by atoms with Crippen molar-refractivity contribution in [3.8, 4) is 5.75 Å². The zero-order valence-electron chi connectivity index (χ0n) is 11.6. The van der Waals surface area contributed by atoms with Crippen LogP contribution in [0.15, 0.2) is 30.4 Å². The van der Waals surface area contributed by atoms with Gasteiger partial charge in [0.05, 0.1) is 6.61 Å². The minimum absolute atomic E-state index is 0.194. The van der Waals surface area contributed by atoms with E-state index >= 15 is 0 Å². The van der Waals surface area contributed by atoms with Crippen LogP contribution in [0.4, 0.5) is 4.39 Å². The molecule has 1 aromatic rings. The standard InChI is InChI=1S/C16H23FO/c1-4-6-7-8-13(3)15-12-14(17)9-10-16(15)18-11-5-2/h6-7,9-10,12-13H,4-5,8,11H2,1-3H3/b7-6-. The fraction of sp³-hybridized carbons (Fsp3) is 0.500. The van der Waals surface area contributed by atoms with Crippen LogP contribution < -0.4 is 4.74 Å². The van der Waals surface area contributed by atoms with Gasteiger partial charge in [0.1, 0.15) is 11.6 Å². The van der Waals surface area contributed by atoms with Gasteiger partial charge in [-0.25, -0.2) is 4.39 Å². The Bertz CT molecular complexity index is 385. The molecule has 18 heavy (non-hydrogen) atoms. The van der Waals surface area contributed by atoms with Gasteiger partial charge in [-0.1, -0.05) is 32.9 Å². The lowest BCUT2D eigenvalue weighted by molar-refractivity contribution is 0.312. The van der Waals surface area contributed by atoms with Crippen molar-refractivity contribution in [1.82, 2.24) is 0 Å². The third-order valence-electron chi connectivity index (χ3n) is 2.86. The van der Waals surface area contributed by atoms with Crippen molar-refractivity contribution >= 4 is 0 Å². The minimum Gasteiger partial charge on any atom is -0.493 e. The average molecular weight is 250 g/mol. The van der Waals surface area contributed by atoms with Crippen LogP contribution in [0, 0.1) is 5.82 Å². The van der Waals surface area contributed by atoms with Crippen molar-refractivity contribution in [3.63, 3.8) is 0 Å². The largest absolute Gasteiger partial charge is 0.493 e. The first-order valence-corrected chi connectivity index (χ1v) is 6.76. The van der Waals surface area contributed by atoms with Crippen LogP contribution in [0.25, 0.3) is 0 Å². The van der Waals surface area contributed by atoms with Gasteiger partial charge in [0.15, 0.2) is 0 Å². The van der Waals surface area contributed by atoms with Crippen LogP contribution >= 0.6 is 0 Å². The van der Waals surface area contributed by atoms with E-state index in [-0.39, 0.29) is 11.7 Å². The number of benzene rings is 1. The molecule has 0 amide bonds. The van der Waals surface area contributed by atoms with E-state index in [1.54, 1.807) is 12.1 Å². The summed E-state index contributed by atoms with van der Waals surface area (Å²) in [5.74, 6) is 0.895. The van der Waals surface area contributed by atoms with E-state index in [4.69, 9.17) is 4.74 Å². The average Bonchev–Trinajstić information content (AvgIpc) is 2.37. The molecule has 100 valence electrons. The molecule has 0 heterocycles. The first kappa shape index (κ1) is 14.7. The molecule has 0 saturated carbocycles. The van der Waals surface area contributed by atoms with Gasteiger partial charge in [0.2, 0.25) is 0 Å². The van der Waals surface area contributed by atoms with Gasteiger partial charge in [-0.15, -0.1) is 0 Å². The second-order valence-corrected chi connectivity index (χ2v) is 4.55. The van der Waals surface area contributed by atoms with Gasteiger partial charge < -0.3 is 4.74 Å². The van der Waals surface area contributed by atoms with E-state index in [2.05, 4.69) is 32.9 Å². The summed E-state index contributed by atoms with van der Waals surface area (Å²) in [5.41, 5.74) is 0.962. The summed E-state index contributed by atoms with van der Waals surface area (Å²) in [6.45, 7) is 6.96. The Labute approximate surface area is 110 Å². The van der Waals surface area contributed by atoms with Gasteiger partial charge in [-0.3, -0.25) is 0 Å². The first-order valence-electron chi connectivity index (χ1n) is 6.76. The van der Waals surface area contributed by atoms with E-state index in [1.807, 2.05) is 0 Å². The molecule has 0 aliphatic carbocycles. The van der Waals surface area contributed by atoms with Crippen LogP contribution in [0.2, 0.25) is 0 Å². The van der Waals surface area contributed by atoms with Crippen LogP contribution in [0.5, 0.6) is 5.75 Å². The maximum Gasteiger partial charge on any atom is 0.123 e. The maximum atomic E-state index is 13.3. The Morgan fingerprint density at radius 1 is 1.28 bits per heavy atom. The summed E-state index contributed by atoms with van der Waals surface area (Å²) < 4.78 is 19.0. The molecular weight excluding hydrogens is 227 g/mol. The number of allylic oxidation sites excluding steroid dienone is 2.